The standard InChI is InChI=1S/C20H20ClN/c1-12(2)15-8-9-22-19-11-17(18(21)10-16(15)19)20-13(3)6-5-7-14(20)4/h5-12H,1-4H3. The van der Waals surface area contributed by atoms with Crippen LogP contribution in [0.2, 0.25) is 5.02 Å². The molecule has 0 aliphatic heterocycles. The topological polar surface area (TPSA) is 12.9 Å². The Labute approximate surface area is 137 Å². The van der Waals surface area contributed by atoms with Crippen LogP contribution in [-0.4, -0.2) is 4.98 Å². The number of rotatable bonds is 2. The number of hydrogen-bond acceptors (Lipinski definition) is 1. The predicted octanol–water partition coefficient (Wildman–Crippen LogP) is 6.30. The molecule has 22 heavy (non-hydrogen) atoms. The van der Waals surface area contributed by atoms with Crippen LogP contribution in [0.4, 0.5) is 0 Å². The lowest BCUT2D eigenvalue weighted by Crippen LogP contribution is -1.94. The first kappa shape index (κ1) is 15.1. The number of aryl methyl sites for hydroxylation is 2. The monoisotopic (exact) mass is 309 g/mol. The molecule has 0 aliphatic carbocycles. The quantitative estimate of drug-likeness (QED) is 0.541. The van der Waals surface area contributed by atoms with Gasteiger partial charge in [0.1, 0.15) is 0 Å². The fourth-order valence-electron chi connectivity index (χ4n) is 3.12. The molecule has 0 spiro atoms. The second-order valence-corrected chi connectivity index (χ2v) is 6.58. The molecule has 0 unspecified atom stereocenters. The second-order valence-electron chi connectivity index (χ2n) is 6.17. The van der Waals surface area contributed by atoms with Crippen molar-refractivity contribution in [1.29, 1.82) is 0 Å². The van der Waals surface area contributed by atoms with Gasteiger partial charge in [0, 0.05) is 22.2 Å². The molecule has 112 valence electrons. The Kier molecular flexibility index (Phi) is 3.92. The molecule has 0 N–H and O–H groups in total. The molecular weight excluding hydrogens is 290 g/mol. The van der Waals surface area contributed by atoms with Crippen molar-refractivity contribution in [2.45, 2.75) is 33.6 Å². The van der Waals surface area contributed by atoms with Gasteiger partial charge >= 0.3 is 0 Å². The summed E-state index contributed by atoms with van der Waals surface area (Å²) >= 11 is 6.63. The van der Waals surface area contributed by atoms with E-state index in [9.17, 15) is 0 Å². The SMILES string of the molecule is Cc1cccc(C)c1-c1cc2nccc(C(C)C)c2cc1Cl. The largest absolute Gasteiger partial charge is 0.256 e. The van der Waals surface area contributed by atoms with Crippen molar-refractivity contribution in [1.82, 2.24) is 4.98 Å². The van der Waals surface area contributed by atoms with Crippen molar-refractivity contribution in [3.05, 3.63) is 64.3 Å². The Bertz CT molecular complexity index is 829. The molecule has 1 aromatic heterocycles. The molecule has 0 aliphatic rings. The Morgan fingerprint density at radius 2 is 1.68 bits per heavy atom. The minimum atomic E-state index is 0.451. The van der Waals surface area contributed by atoms with Crippen LogP contribution in [0.25, 0.3) is 22.0 Å². The lowest BCUT2D eigenvalue weighted by Gasteiger charge is -2.15. The smallest absolute Gasteiger partial charge is 0.0712 e. The predicted molar refractivity (Wildman–Crippen MR) is 95.8 cm³/mol. The Balaban J connectivity index is 2.32. The van der Waals surface area contributed by atoms with Gasteiger partial charge in [-0.05, 0) is 60.2 Å². The molecule has 0 amide bonds. The summed E-state index contributed by atoms with van der Waals surface area (Å²) in [7, 11) is 0. The Morgan fingerprint density at radius 3 is 2.32 bits per heavy atom. The molecule has 3 aromatic rings. The summed E-state index contributed by atoms with van der Waals surface area (Å²) in [5.41, 5.74) is 7.06. The van der Waals surface area contributed by atoms with Crippen molar-refractivity contribution in [2.24, 2.45) is 0 Å². The maximum absolute atomic E-state index is 6.63. The van der Waals surface area contributed by atoms with Crippen LogP contribution >= 0.6 is 11.6 Å². The van der Waals surface area contributed by atoms with E-state index < -0.39 is 0 Å². The Hall–Kier alpha value is -1.86. The summed E-state index contributed by atoms with van der Waals surface area (Å²) < 4.78 is 0. The summed E-state index contributed by atoms with van der Waals surface area (Å²) in [6.07, 6.45) is 1.89. The minimum Gasteiger partial charge on any atom is -0.256 e. The zero-order valence-electron chi connectivity index (χ0n) is 13.4. The molecule has 3 rings (SSSR count). The zero-order valence-corrected chi connectivity index (χ0v) is 14.2. The van der Waals surface area contributed by atoms with Gasteiger partial charge in [-0.15, -0.1) is 0 Å². The maximum atomic E-state index is 6.63. The van der Waals surface area contributed by atoms with Gasteiger partial charge in [0.2, 0.25) is 0 Å². The molecule has 2 aromatic carbocycles. The number of hydrogen-bond donors (Lipinski definition) is 0. The molecule has 0 radical (unpaired) electrons. The van der Waals surface area contributed by atoms with Crippen LogP contribution in [0.5, 0.6) is 0 Å². The van der Waals surface area contributed by atoms with E-state index in [2.05, 4.69) is 69.1 Å². The molecule has 0 fully saturated rings. The normalized spacial score (nSPS) is 11.4. The molecule has 1 heterocycles. The number of aromatic nitrogens is 1. The third kappa shape index (κ3) is 2.50. The summed E-state index contributed by atoms with van der Waals surface area (Å²) in [5, 5.41) is 1.94. The van der Waals surface area contributed by atoms with Gasteiger partial charge in [-0.25, -0.2) is 0 Å². The fraction of sp³-hybridized carbons (Fsp3) is 0.250. The molecule has 2 heteroatoms. The highest BCUT2D eigenvalue weighted by Gasteiger charge is 2.13. The number of fused-ring (bicyclic) bond motifs is 1. The van der Waals surface area contributed by atoms with Crippen molar-refractivity contribution < 1.29 is 0 Å². The van der Waals surface area contributed by atoms with Crippen molar-refractivity contribution >= 4 is 22.5 Å². The van der Waals surface area contributed by atoms with Crippen LogP contribution in [-0.2, 0) is 0 Å². The maximum Gasteiger partial charge on any atom is 0.0712 e. The summed E-state index contributed by atoms with van der Waals surface area (Å²) in [4.78, 5) is 4.55. The van der Waals surface area contributed by atoms with Gasteiger partial charge < -0.3 is 0 Å². The molecule has 0 saturated carbocycles. The van der Waals surface area contributed by atoms with Gasteiger partial charge in [0.15, 0.2) is 0 Å². The zero-order chi connectivity index (χ0) is 15.9. The minimum absolute atomic E-state index is 0.451. The van der Waals surface area contributed by atoms with Gasteiger partial charge in [-0.1, -0.05) is 43.6 Å². The van der Waals surface area contributed by atoms with Gasteiger partial charge in [-0.2, -0.15) is 0 Å². The fourth-order valence-corrected chi connectivity index (χ4v) is 3.38. The highest BCUT2D eigenvalue weighted by Crippen LogP contribution is 2.37. The third-order valence-corrected chi connectivity index (χ3v) is 4.55. The Morgan fingerprint density at radius 1 is 1.00 bits per heavy atom. The molecule has 0 atom stereocenters. The third-order valence-electron chi connectivity index (χ3n) is 4.24. The first-order chi connectivity index (χ1) is 10.5. The van der Waals surface area contributed by atoms with E-state index in [4.69, 9.17) is 11.6 Å². The first-order valence-corrected chi connectivity index (χ1v) is 8.01. The first-order valence-electron chi connectivity index (χ1n) is 7.63. The molecule has 1 nitrogen and oxygen atoms in total. The highest BCUT2D eigenvalue weighted by molar-refractivity contribution is 6.34. The van der Waals surface area contributed by atoms with Crippen LogP contribution < -0.4 is 0 Å². The van der Waals surface area contributed by atoms with E-state index in [-0.39, 0.29) is 0 Å². The van der Waals surface area contributed by atoms with E-state index in [0.29, 0.717) is 5.92 Å². The van der Waals surface area contributed by atoms with Gasteiger partial charge in [0.25, 0.3) is 0 Å². The van der Waals surface area contributed by atoms with Crippen LogP contribution in [0, 0.1) is 13.8 Å². The number of benzene rings is 2. The van der Waals surface area contributed by atoms with Crippen molar-refractivity contribution in [2.75, 3.05) is 0 Å². The van der Waals surface area contributed by atoms with Gasteiger partial charge in [0.05, 0.1) is 5.52 Å². The van der Waals surface area contributed by atoms with E-state index in [1.807, 2.05) is 6.20 Å². The average molecular weight is 310 g/mol. The van der Waals surface area contributed by atoms with Crippen LogP contribution in [0.15, 0.2) is 42.6 Å². The van der Waals surface area contributed by atoms with E-state index in [1.165, 1.54) is 22.3 Å². The number of halogens is 1. The van der Waals surface area contributed by atoms with Crippen molar-refractivity contribution in [3.8, 4) is 11.1 Å². The summed E-state index contributed by atoms with van der Waals surface area (Å²) in [5.74, 6) is 0.451. The molecular formula is C20H20ClN. The van der Waals surface area contributed by atoms with Crippen molar-refractivity contribution in [3.63, 3.8) is 0 Å². The van der Waals surface area contributed by atoms with E-state index in [0.717, 1.165) is 21.5 Å². The van der Waals surface area contributed by atoms with E-state index >= 15 is 0 Å². The number of nitrogens with zero attached hydrogens (tertiary/aromatic N) is 1. The van der Waals surface area contributed by atoms with Gasteiger partial charge in [-0.3, -0.25) is 4.98 Å². The summed E-state index contributed by atoms with van der Waals surface area (Å²) in [6.45, 7) is 8.64. The van der Waals surface area contributed by atoms with E-state index in [1.54, 1.807) is 0 Å². The second kappa shape index (κ2) is 5.73. The highest BCUT2D eigenvalue weighted by atomic mass is 35.5. The lowest BCUT2D eigenvalue weighted by molar-refractivity contribution is 0.874. The lowest BCUT2D eigenvalue weighted by atomic mass is 9.93. The molecule has 0 saturated heterocycles. The average Bonchev–Trinajstić information content (AvgIpc) is 2.46. The number of pyridine rings is 1. The molecule has 0 bridgehead atoms. The van der Waals surface area contributed by atoms with Crippen LogP contribution in [0.3, 0.4) is 0 Å². The summed E-state index contributed by atoms with van der Waals surface area (Å²) in [6, 6.07) is 12.6. The van der Waals surface area contributed by atoms with Crippen LogP contribution in [0.1, 0.15) is 36.5 Å².